The van der Waals surface area contributed by atoms with Crippen LogP contribution in [0.4, 0.5) is 0 Å². The summed E-state index contributed by atoms with van der Waals surface area (Å²) < 4.78 is 34.8. The maximum Gasteiger partial charge on any atom is 0.340 e. The SMILES string of the molecule is Cc1nc2cc(OS(=O)(=O)c3ccccc3Cl)ccc2o1. The largest absolute Gasteiger partial charge is 0.441 e. The van der Waals surface area contributed by atoms with Crippen molar-refractivity contribution >= 4 is 32.8 Å². The number of aromatic nitrogens is 1. The first kappa shape index (κ1) is 13.9. The molecule has 0 aliphatic rings. The molecule has 0 amide bonds. The van der Waals surface area contributed by atoms with Gasteiger partial charge in [-0.1, -0.05) is 23.7 Å². The van der Waals surface area contributed by atoms with Gasteiger partial charge in [-0.2, -0.15) is 8.42 Å². The van der Waals surface area contributed by atoms with Crippen molar-refractivity contribution in [2.45, 2.75) is 11.8 Å². The Morgan fingerprint density at radius 3 is 2.71 bits per heavy atom. The molecule has 7 heteroatoms. The normalized spacial score (nSPS) is 11.7. The number of nitrogens with zero attached hydrogens (tertiary/aromatic N) is 1. The lowest BCUT2D eigenvalue weighted by Crippen LogP contribution is -2.10. The van der Waals surface area contributed by atoms with Crippen LogP contribution in [-0.2, 0) is 10.1 Å². The van der Waals surface area contributed by atoms with E-state index in [9.17, 15) is 8.42 Å². The highest BCUT2D eigenvalue weighted by Gasteiger charge is 2.20. The van der Waals surface area contributed by atoms with Gasteiger partial charge < -0.3 is 8.60 Å². The third-order valence-electron chi connectivity index (χ3n) is 2.78. The highest BCUT2D eigenvalue weighted by molar-refractivity contribution is 7.87. The van der Waals surface area contributed by atoms with E-state index in [1.807, 2.05) is 0 Å². The van der Waals surface area contributed by atoms with E-state index in [0.717, 1.165) is 0 Å². The highest BCUT2D eigenvalue weighted by atomic mass is 35.5. The van der Waals surface area contributed by atoms with Gasteiger partial charge in [-0.15, -0.1) is 0 Å². The highest BCUT2D eigenvalue weighted by Crippen LogP contribution is 2.27. The summed E-state index contributed by atoms with van der Waals surface area (Å²) in [4.78, 5) is 4.05. The number of aryl methyl sites for hydroxylation is 1. The molecule has 0 atom stereocenters. The summed E-state index contributed by atoms with van der Waals surface area (Å²) in [6.45, 7) is 1.71. The number of fused-ring (bicyclic) bond motifs is 1. The third-order valence-corrected chi connectivity index (χ3v) is 4.53. The summed E-state index contributed by atoms with van der Waals surface area (Å²) >= 11 is 5.89. The lowest BCUT2D eigenvalue weighted by atomic mass is 10.3. The van der Waals surface area contributed by atoms with Crippen LogP contribution in [0, 0.1) is 6.92 Å². The number of hydrogen-bond donors (Lipinski definition) is 0. The molecular weight excluding hydrogens is 314 g/mol. The maximum atomic E-state index is 12.2. The molecule has 3 rings (SSSR count). The molecule has 5 nitrogen and oxygen atoms in total. The summed E-state index contributed by atoms with van der Waals surface area (Å²) in [7, 11) is -4.00. The van der Waals surface area contributed by atoms with Crippen LogP contribution in [0.2, 0.25) is 5.02 Å². The molecule has 1 heterocycles. The van der Waals surface area contributed by atoms with E-state index in [4.69, 9.17) is 20.2 Å². The van der Waals surface area contributed by atoms with Crippen molar-refractivity contribution in [2.75, 3.05) is 0 Å². The minimum atomic E-state index is -4.00. The first-order valence-corrected chi connectivity index (χ1v) is 7.80. The van der Waals surface area contributed by atoms with Crippen LogP contribution in [0.1, 0.15) is 5.89 Å². The molecule has 108 valence electrons. The molecule has 0 spiro atoms. The van der Waals surface area contributed by atoms with Gasteiger partial charge in [0.1, 0.15) is 16.2 Å². The van der Waals surface area contributed by atoms with Gasteiger partial charge >= 0.3 is 10.1 Å². The lowest BCUT2D eigenvalue weighted by molar-refractivity contribution is 0.486. The van der Waals surface area contributed by atoms with Crippen LogP contribution in [0.15, 0.2) is 51.8 Å². The Morgan fingerprint density at radius 1 is 1.19 bits per heavy atom. The Kier molecular flexibility index (Phi) is 3.35. The van der Waals surface area contributed by atoms with E-state index in [2.05, 4.69) is 4.98 Å². The maximum absolute atomic E-state index is 12.2. The minimum absolute atomic E-state index is 0.0805. The smallest absolute Gasteiger partial charge is 0.340 e. The number of benzene rings is 2. The Balaban J connectivity index is 1.99. The summed E-state index contributed by atoms with van der Waals surface area (Å²) in [5.41, 5.74) is 1.09. The van der Waals surface area contributed by atoms with Crippen LogP contribution >= 0.6 is 11.6 Å². The molecule has 2 aromatic carbocycles. The van der Waals surface area contributed by atoms with E-state index in [-0.39, 0.29) is 15.7 Å². The van der Waals surface area contributed by atoms with Crippen molar-refractivity contribution in [3.8, 4) is 5.75 Å². The lowest BCUT2D eigenvalue weighted by Gasteiger charge is -2.07. The monoisotopic (exact) mass is 323 g/mol. The Morgan fingerprint density at radius 2 is 1.95 bits per heavy atom. The molecule has 3 aromatic rings. The average Bonchev–Trinajstić information content (AvgIpc) is 2.78. The predicted molar refractivity (Wildman–Crippen MR) is 78.0 cm³/mol. The first-order valence-electron chi connectivity index (χ1n) is 6.02. The zero-order valence-electron chi connectivity index (χ0n) is 10.9. The van der Waals surface area contributed by atoms with Gasteiger partial charge in [0, 0.05) is 13.0 Å². The molecule has 1 aromatic heterocycles. The van der Waals surface area contributed by atoms with Crippen LogP contribution in [0.25, 0.3) is 11.1 Å². The van der Waals surface area contributed by atoms with Crippen molar-refractivity contribution in [3.05, 3.63) is 53.4 Å². The number of hydrogen-bond acceptors (Lipinski definition) is 5. The molecule has 0 aliphatic carbocycles. The quantitative estimate of drug-likeness (QED) is 0.689. The van der Waals surface area contributed by atoms with Crippen molar-refractivity contribution in [1.82, 2.24) is 4.98 Å². The fourth-order valence-electron chi connectivity index (χ4n) is 1.89. The summed E-state index contributed by atoms with van der Waals surface area (Å²) in [5.74, 6) is 0.645. The van der Waals surface area contributed by atoms with Gasteiger partial charge in [0.15, 0.2) is 11.5 Å². The van der Waals surface area contributed by atoms with Crippen molar-refractivity contribution in [1.29, 1.82) is 0 Å². The van der Waals surface area contributed by atoms with E-state index in [1.165, 1.54) is 24.3 Å². The van der Waals surface area contributed by atoms with Crippen LogP contribution < -0.4 is 4.18 Å². The standard InChI is InChI=1S/C14H10ClNO4S/c1-9-16-12-8-10(6-7-13(12)19-9)20-21(17,18)14-5-3-2-4-11(14)15/h2-8H,1H3. The predicted octanol–water partition coefficient (Wildman–Crippen LogP) is 3.56. The minimum Gasteiger partial charge on any atom is -0.441 e. The number of rotatable bonds is 3. The molecule has 21 heavy (non-hydrogen) atoms. The van der Waals surface area contributed by atoms with Gasteiger partial charge in [0.25, 0.3) is 0 Å². The molecule has 0 saturated carbocycles. The fraction of sp³-hybridized carbons (Fsp3) is 0.0714. The summed E-state index contributed by atoms with van der Waals surface area (Å²) in [6, 6.07) is 10.7. The second-order valence-electron chi connectivity index (χ2n) is 4.33. The van der Waals surface area contributed by atoms with E-state index in [0.29, 0.717) is 17.0 Å². The second kappa shape index (κ2) is 5.05. The van der Waals surface area contributed by atoms with Gasteiger partial charge in [-0.25, -0.2) is 4.98 Å². The molecule has 0 unspecified atom stereocenters. The van der Waals surface area contributed by atoms with Crippen molar-refractivity contribution < 1.29 is 17.0 Å². The first-order chi connectivity index (χ1) is 9.95. The van der Waals surface area contributed by atoms with E-state index < -0.39 is 10.1 Å². The van der Waals surface area contributed by atoms with E-state index in [1.54, 1.807) is 25.1 Å². The Labute approximate surface area is 126 Å². The van der Waals surface area contributed by atoms with Gasteiger partial charge in [-0.05, 0) is 24.3 Å². The molecule has 0 bridgehead atoms. The van der Waals surface area contributed by atoms with Crippen molar-refractivity contribution in [2.24, 2.45) is 0 Å². The molecule has 0 saturated heterocycles. The van der Waals surface area contributed by atoms with Crippen LogP contribution in [-0.4, -0.2) is 13.4 Å². The van der Waals surface area contributed by atoms with E-state index >= 15 is 0 Å². The second-order valence-corrected chi connectivity index (χ2v) is 6.25. The Bertz CT molecular complexity index is 918. The van der Waals surface area contributed by atoms with Crippen LogP contribution in [0.5, 0.6) is 5.75 Å². The molecule has 0 radical (unpaired) electrons. The topological polar surface area (TPSA) is 69.4 Å². The average molecular weight is 324 g/mol. The third kappa shape index (κ3) is 2.72. The summed E-state index contributed by atoms with van der Waals surface area (Å²) in [6.07, 6.45) is 0. The molecule has 0 aliphatic heterocycles. The van der Waals surface area contributed by atoms with Crippen molar-refractivity contribution in [3.63, 3.8) is 0 Å². The zero-order valence-corrected chi connectivity index (χ0v) is 12.5. The van der Waals surface area contributed by atoms with Crippen LogP contribution in [0.3, 0.4) is 0 Å². The fourth-order valence-corrected chi connectivity index (χ4v) is 3.31. The number of oxazole rings is 1. The molecule has 0 N–H and O–H groups in total. The molecule has 0 fully saturated rings. The molecular formula is C14H10ClNO4S. The zero-order chi connectivity index (χ0) is 15.0. The number of halogens is 1. The van der Waals surface area contributed by atoms with Gasteiger partial charge in [0.05, 0.1) is 5.02 Å². The Hall–Kier alpha value is -2.05. The van der Waals surface area contributed by atoms with Gasteiger partial charge in [-0.3, -0.25) is 0 Å². The summed E-state index contributed by atoms with van der Waals surface area (Å²) in [5, 5.41) is 0.107. The van der Waals surface area contributed by atoms with Gasteiger partial charge in [0.2, 0.25) is 0 Å².